The molecule has 0 fully saturated rings. The summed E-state index contributed by atoms with van der Waals surface area (Å²) >= 11 is 12.4. The Labute approximate surface area is 135 Å². The molecule has 0 aliphatic carbocycles. The minimum Gasteiger partial charge on any atom is -0.363 e. The second-order valence-electron chi connectivity index (χ2n) is 5.04. The summed E-state index contributed by atoms with van der Waals surface area (Å²) in [6.45, 7) is 6.06. The third-order valence-electron chi connectivity index (χ3n) is 3.33. The second kappa shape index (κ2) is 7.10. The number of rotatable bonds is 5. The Morgan fingerprint density at radius 2 is 1.90 bits per heavy atom. The Bertz CT molecular complexity index is 629. The molecule has 5 heteroatoms. The summed E-state index contributed by atoms with van der Waals surface area (Å²) in [7, 11) is 0. The number of aryl methyl sites for hydroxylation is 1. The Morgan fingerprint density at radius 3 is 2.57 bits per heavy atom. The zero-order valence-electron chi connectivity index (χ0n) is 12.5. The highest BCUT2D eigenvalue weighted by Crippen LogP contribution is 2.28. The molecule has 112 valence electrons. The molecule has 2 aromatic rings. The van der Waals surface area contributed by atoms with Gasteiger partial charge in [0.1, 0.15) is 16.8 Å². The highest BCUT2D eigenvalue weighted by atomic mass is 35.5. The van der Waals surface area contributed by atoms with Crippen LogP contribution in [0.4, 0.5) is 5.82 Å². The van der Waals surface area contributed by atoms with Crippen LogP contribution in [0.5, 0.6) is 0 Å². The maximum atomic E-state index is 6.24. The van der Waals surface area contributed by atoms with E-state index in [4.69, 9.17) is 23.2 Å². The fourth-order valence-electron chi connectivity index (χ4n) is 2.12. The number of aromatic nitrogens is 2. The maximum absolute atomic E-state index is 6.24. The van der Waals surface area contributed by atoms with E-state index in [0.717, 1.165) is 40.6 Å². The van der Waals surface area contributed by atoms with Gasteiger partial charge in [0.2, 0.25) is 0 Å². The van der Waals surface area contributed by atoms with Gasteiger partial charge in [-0.25, -0.2) is 9.97 Å². The molecule has 0 saturated carbocycles. The van der Waals surface area contributed by atoms with Crippen LogP contribution >= 0.6 is 23.2 Å². The zero-order chi connectivity index (χ0) is 15.4. The lowest BCUT2D eigenvalue weighted by Gasteiger charge is -2.18. The minimum atomic E-state index is 0.0397. The molecule has 1 atom stereocenters. The smallest absolute Gasteiger partial charge is 0.137 e. The topological polar surface area (TPSA) is 37.8 Å². The van der Waals surface area contributed by atoms with Gasteiger partial charge < -0.3 is 5.32 Å². The van der Waals surface area contributed by atoms with Gasteiger partial charge in [-0.2, -0.15) is 0 Å². The number of nitrogens with zero attached hydrogens (tertiary/aromatic N) is 2. The SMILES string of the molecule is CCCc1nc(Cl)c(C)c(NC(C)c2ccccc2Cl)n1. The lowest BCUT2D eigenvalue weighted by Crippen LogP contribution is -2.12. The molecule has 0 saturated heterocycles. The van der Waals surface area contributed by atoms with Crippen LogP contribution < -0.4 is 5.32 Å². The molecule has 1 unspecified atom stereocenters. The third-order valence-corrected chi connectivity index (χ3v) is 4.04. The summed E-state index contributed by atoms with van der Waals surface area (Å²) in [6, 6.07) is 7.83. The molecule has 0 aliphatic rings. The molecule has 0 aliphatic heterocycles. The number of anilines is 1. The first-order valence-corrected chi connectivity index (χ1v) is 7.82. The van der Waals surface area contributed by atoms with Gasteiger partial charge in [0.05, 0.1) is 6.04 Å². The molecule has 0 amide bonds. The Hall–Kier alpha value is -1.32. The average Bonchev–Trinajstić information content (AvgIpc) is 2.45. The molecule has 2 rings (SSSR count). The van der Waals surface area contributed by atoms with E-state index in [9.17, 15) is 0 Å². The fraction of sp³-hybridized carbons (Fsp3) is 0.375. The summed E-state index contributed by atoms with van der Waals surface area (Å²) in [5.41, 5.74) is 1.89. The maximum Gasteiger partial charge on any atom is 0.137 e. The highest BCUT2D eigenvalue weighted by molar-refractivity contribution is 6.31. The molecule has 1 N–H and O–H groups in total. The number of hydrogen-bond donors (Lipinski definition) is 1. The van der Waals surface area contributed by atoms with E-state index < -0.39 is 0 Å². The Morgan fingerprint density at radius 1 is 1.19 bits per heavy atom. The largest absolute Gasteiger partial charge is 0.363 e. The van der Waals surface area contributed by atoms with Gasteiger partial charge in [-0.15, -0.1) is 0 Å². The fourth-order valence-corrected chi connectivity index (χ4v) is 2.60. The lowest BCUT2D eigenvalue weighted by atomic mass is 10.1. The first kappa shape index (κ1) is 16.1. The monoisotopic (exact) mass is 323 g/mol. The Balaban J connectivity index is 2.28. The highest BCUT2D eigenvalue weighted by Gasteiger charge is 2.14. The number of nitrogens with one attached hydrogen (secondary N) is 1. The van der Waals surface area contributed by atoms with Gasteiger partial charge in [0.15, 0.2) is 0 Å². The molecule has 1 aromatic carbocycles. The van der Waals surface area contributed by atoms with Crippen LogP contribution in [0.15, 0.2) is 24.3 Å². The molecule has 3 nitrogen and oxygen atoms in total. The van der Waals surface area contributed by atoms with Crippen molar-refractivity contribution in [3.05, 3.63) is 51.4 Å². The number of hydrogen-bond acceptors (Lipinski definition) is 3. The first-order valence-electron chi connectivity index (χ1n) is 7.07. The number of benzene rings is 1. The van der Waals surface area contributed by atoms with Crippen LogP contribution in [0, 0.1) is 6.92 Å². The van der Waals surface area contributed by atoms with Gasteiger partial charge in [0.25, 0.3) is 0 Å². The van der Waals surface area contributed by atoms with E-state index in [1.54, 1.807) is 0 Å². The van der Waals surface area contributed by atoms with Crippen molar-refractivity contribution in [1.82, 2.24) is 9.97 Å². The van der Waals surface area contributed by atoms with Gasteiger partial charge in [-0.3, -0.25) is 0 Å². The molecular weight excluding hydrogens is 305 g/mol. The van der Waals surface area contributed by atoms with Crippen molar-refractivity contribution in [3.8, 4) is 0 Å². The molecule has 0 radical (unpaired) electrons. The summed E-state index contributed by atoms with van der Waals surface area (Å²) in [6.07, 6.45) is 1.80. The average molecular weight is 324 g/mol. The summed E-state index contributed by atoms with van der Waals surface area (Å²) in [5.74, 6) is 1.54. The van der Waals surface area contributed by atoms with Crippen molar-refractivity contribution in [3.63, 3.8) is 0 Å². The van der Waals surface area contributed by atoms with E-state index in [1.165, 1.54) is 0 Å². The van der Waals surface area contributed by atoms with Crippen LogP contribution in [-0.4, -0.2) is 9.97 Å². The quantitative estimate of drug-likeness (QED) is 0.767. The first-order chi connectivity index (χ1) is 10.0. The van der Waals surface area contributed by atoms with Crippen LogP contribution in [-0.2, 0) is 6.42 Å². The van der Waals surface area contributed by atoms with E-state index in [2.05, 4.69) is 29.1 Å². The lowest BCUT2D eigenvalue weighted by molar-refractivity contribution is 0.814. The summed E-state index contributed by atoms with van der Waals surface area (Å²) in [5, 5.41) is 4.63. The predicted molar refractivity (Wildman–Crippen MR) is 89.3 cm³/mol. The third kappa shape index (κ3) is 3.86. The normalized spacial score (nSPS) is 12.2. The zero-order valence-corrected chi connectivity index (χ0v) is 14.0. The van der Waals surface area contributed by atoms with Crippen molar-refractivity contribution in [1.29, 1.82) is 0 Å². The predicted octanol–water partition coefficient (Wildman–Crippen LogP) is 5.22. The van der Waals surface area contributed by atoms with Crippen LogP contribution in [0.3, 0.4) is 0 Å². The van der Waals surface area contributed by atoms with Crippen LogP contribution in [0.2, 0.25) is 10.2 Å². The number of halogens is 2. The summed E-state index contributed by atoms with van der Waals surface area (Å²) in [4.78, 5) is 8.88. The Kier molecular flexibility index (Phi) is 5.43. The van der Waals surface area contributed by atoms with Crippen LogP contribution in [0.1, 0.15) is 43.3 Å². The van der Waals surface area contributed by atoms with Crippen molar-refractivity contribution in [2.24, 2.45) is 0 Å². The molecule has 21 heavy (non-hydrogen) atoms. The van der Waals surface area contributed by atoms with Gasteiger partial charge in [-0.05, 0) is 31.9 Å². The molecule has 0 bridgehead atoms. The second-order valence-corrected chi connectivity index (χ2v) is 5.81. The van der Waals surface area contributed by atoms with E-state index in [0.29, 0.717) is 5.15 Å². The van der Waals surface area contributed by atoms with Crippen LogP contribution in [0.25, 0.3) is 0 Å². The summed E-state index contributed by atoms with van der Waals surface area (Å²) < 4.78 is 0. The van der Waals surface area contributed by atoms with Crippen molar-refractivity contribution >= 4 is 29.0 Å². The molecule has 1 heterocycles. The molecular formula is C16H19Cl2N3. The van der Waals surface area contributed by atoms with E-state index >= 15 is 0 Å². The van der Waals surface area contributed by atoms with E-state index in [-0.39, 0.29) is 6.04 Å². The van der Waals surface area contributed by atoms with Gasteiger partial charge in [0, 0.05) is 17.0 Å². The van der Waals surface area contributed by atoms with Gasteiger partial charge in [-0.1, -0.05) is 48.3 Å². The van der Waals surface area contributed by atoms with E-state index in [1.807, 2.05) is 31.2 Å². The molecule has 0 spiro atoms. The van der Waals surface area contributed by atoms with Gasteiger partial charge >= 0.3 is 0 Å². The van der Waals surface area contributed by atoms with Crippen molar-refractivity contribution in [2.75, 3.05) is 5.32 Å². The molecule has 1 aromatic heterocycles. The van der Waals surface area contributed by atoms with Crippen molar-refractivity contribution in [2.45, 2.75) is 39.7 Å². The van der Waals surface area contributed by atoms with Crippen molar-refractivity contribution < 1.29 is 0 Å². The minimum absolute atomic E-state index is 0.0397. The standard InChI is InChI=1S/C16H19Cl2N3/c1-4-7-14-20-15(18)10(2)16(21-14)19-11(3)12-8-5-6-9-13(12)17/h5-6,8-9,11H,4,7H2,1-3H3,(H,19,20,21).